The molecule has 0 bridgehead atoms. The molecule has 2 rings (SSSR count). The summed E-state index contributed by atoms with van der Waals surface area (Å²) in [5.74, 6) is -0.163. The lowest BCUT2D eigenvalue weighted by atomic mass is 10.1. The molecule has 5 nitrogen and oxygen atoms in total. The van der Waals surface area contributed by atoms with Gasteiger partial charge >= 0.3 is 0 Å². The van der Waals surface area contributed by atoms with Crippen LogP contribution in [0.5, 0.6) is 5.75 Å². The van der Waals surface area contributed by atoms with E-state index in [0.29, 0.717) is 10.8 Å². The average Bonchev–Trinajstić information content (AvgIpc) is 2.57. The first kappa shape index (κ1) is 17.8. The van der Waals surface area contributed by atoms with Gasteiger partial charge in [0.2, 0.25) is 5.91 Å². The minimum atomic E-state index is -0.733. The monoisotopic (exact) mass is 346 g/mol. The van der Waals surface area contributed by atoms with Gasteiger partial charge in [-0.05, 0) is 43.7 Å². The van der Waals surface area contributed by atoms with Crippen molar-refractivity contribution in [2.24, 2.45) is 0 Å². The van der Waals surface area contributed by atoms with Crippen LogP contribution in [0.15, 0.2) is 48.5 Å². The van der Waals surface area contributed by atoms with Crippen molar-refractivity contribution in [3.05, 3.63) is 64.7 Å². The molecule has 24 heavy (non-hydrogen) atoms. The van der Waals surface area contributed by atoms with Crippen molar-refractivity contribution in [1.29, 1.82) is 0 Å². The van der Waals surface area contributed by atoms with Crippen LogP contribution in [0.1, 0.15) is 18.1 Å². The van der Waals surface area contributed by atoms with Gasteiger partial charge in [0, 0.05) is 5.02 Å². The van der Waals surface area contributed by atoms with E-state index in [4.69, 9.17) is 16.3 Å². The lowest BCUT2D eigenvalue weighted by Crippen LogP contribution is -2.47. The van der Waals surface area contributed by atoms with Crippen molar-refractivity contribution in [2.45, 2.75) is 26.4 Å². The van der Waals surface area contributed by atoms with Gasteiger partial charge in [0.05, 0.1) is 6.42 Å². The Morgan fingerprint density at radius 3 is 2.29 bits per heavy atom. The highest BCUT2D eigenvalue weighted by Gasteiger charge is 2.15. The number of carbonyl (C=O) groups excluding carboxylic acids is 2. The normalized spacial score (nSPS) is 11.5. The first-order chi connectivity index (χ1) is 11.4. The molecule has 2 N–H and O–H groups in total. The quantitative estimate of drug-likeness (QED) is 0.818. The fourth-order valence-corrected chi connectivity index (χ4v) is 2.07. The molecule has 0 saturated heterocycles. The highest BCUT2D eigenvalue weighted by atomic mass is 35.5. The zero-order valence-corrected chi connectivity index (χ0v) is 14.3. The molecule has 0 spiro atoms. The molecule has 1 unspecified atom stereocenters. The number of hydrogen-bond acceptors (Lipinski definition) is 3. The Labute approximate surface area is 145 Å². The van der Waals surface area contributed by atoms with Crippen molar-refractivity contribution in [3.63, 3.8) is 0 Å². The van der Waals surface area contributed by atoms with Crippen LogP contribution in [0, 0.1) is 6.92 Å². The standard InChI is InChI=1S/C18H19ClN2O3/c1-12-3-9-16(10-4-12)24-13(2)18(23)21-20-17(22)11-14-5-7-15(19)8-6-14/h3-10,13H,11H2,1-2H3,(H,20,22)(H,21,23). The maximum absolute atomic E-state index is 11.9. The summed E-state index contributed by atoms with van der Waals surface area (Å²) in [4.78, 5) is 23.8. The van der Waals surface area contributed by atoms with E-state index >= 15 is 0 Å². The summed E-state index contributed by atoms with van der Waals surface area (Å²) in [5.41, 5.74) is 6.63. The number of benzene rings is 2. The van der Waals surface area contributed by atoms with Gasteiger partial charge in [-0.15, -0.1) is 0 Å². The van der Waals surface area contributed by atoms with E-state index in [1.807, 2.05) is 19.1 Å². The summed E-state index contributed by atoms with van der Waals surface area (Å²) in [6.45, 7) is 3.58. The molecule has 2 aromatic carbocycles. The van der Waals surface area contributed by atoms with Gasteiger partial charge in [0.25, 0.3) is 5.91 Å². The summed E-state index contributed by atoms with van der Waals surface area (Å²) in [7, 11) is 0. The fourth-order valence-electron chi connectivity index (χ4n) is 1.94. The molecule has 2 amide bonds. The van der Waals surface area contributed by atoms with Crippen LogP contribution < -0.4 is 15.6 Å². The first-order valence-electron chi connectivity index (χ1n) is 7.50. The first-order valence-corrected chi connectivity index (χ1v) is 7.88. The van der Waals surface area contributed by atoms with E-state index in [2.05, 4.69) is 10.9 Å². The second-order valence-electron chi connectivity index (χ2n) is 5.41. The third-order valence-corrected chi connectivity index (χ3v) is 3.56. The molecule has 0 saturated carbocycles. The third kappa shape index (κ3) is 5.59. The lowest BCUT2D eigenvalue weighted by Gasteiger charge is -2.15. The number of nitrogens with one attached hydrogen (secondary N) is 2. The second-order valence-corrected chi connectivity index (χ2v) is 5.85. The number of hydrazine groups is 1. The van der Waals surface area contributed by atoms with E-state index in [9.17, 15) is 9.59 Å². The Kier molecular flexibility index (Phi) is 6.21. The van der Waals surface area contributed by atoms with Gasteiger partial charge in [0.15, 0.2) is 6.10 Å². The van der Waals surface area contributed by atoms with Gasteiger partial charge in [-0.3, -0.25) is 20.4 Å². The topological polar surface area (TPSA) is 67.4 Å². The maximum Gasteiger partial charge on any atom is 0.279 e. The summed E-state index contributed by atoms with van der Waals surface area (Å²) in [6, 6.07) is 14.3. The van der Waals surface area contributed by atoms with Crippen molar-refractivity contribution >= 4 is 23.4 Å². The van der Waals surface area contributed by atoms with E-state index in [-0.39, 0.29) is 12.3 Å². The van der Waals surface area contributed by atoms with Crippen molar-refractivity contribution in [3.8, 4) is 5.75 Å². The molecule has 1 atom stereocenters. The summed E-state index contributed by atoms with van der Waals surface area (Å²) >= 11 is 5.79. The number of carbonyl (C=O) groups is 2. The van der Waals surface area contributed by atoms with Crippen LogP contribution in [0.2, 0.25) is 5.02 Å². The minimum absolute atomic E-state index is 0.144. The smallest absolute Gasteiger partial charge is 0.279 e. The predicted molar refractivity (Wildman–Crippen MR) is 92.7 cm³/mol. The third-order valence-electron chi connectivity index (χ3n) is 3.31. The Bertz CT molecular complexity index is 699. The van der Waals surface area contributed by atoms with Gasteiger partial charge in [-0.2, -0.15) is 0 Å². The summed E-state index contributed by atoms with van der Waals surface area (Å²) < 4.78 is 5.52. The molecule has 126 valence electrons. The molecular formula is C18H19ClN2O3. The average molecular weight is 347 g/mol. The molecule has 0 aliphatic carbocycles. The number of ether oxygens (including phenoxy) is 1. The molecule has 0 aliphatic heterocycles. The number of aryl methyl sites for hydroxylation is 1. The van der Waals surface area contributed by atoms with Gasteiger partial charge < -0.3 is 4.74 Å². The minimum Gasteiger partial charge on any atom is -0.481 e. The van der Waals surface area contributed by atoms with E-state index in [0.717, 1.165) is 11.1 Å². The summed E-state index contributed by atoms with van der Waals surface area (Å²) in [5, 5.41) is 0.606. The van der Waals surface area contributed by atoms with E-state index in [1.165, 1.54) is 0 Å². The Balaban J connectivity index is 1.77. The number of rotatable bonds is 5. The van der Waals surface area contributed by atoms with E-state index < -0.39 is 12.0 Å². The largest absolute Gasteiger partial charge is 0.481 e. The fraction of sp³-hybridized carbons (Fsp3) is 0.222. The number of halogens is 1. The Morgan fingerprint density at radius 2 is 1.67 bits per heavy atom. The Hall–Kier alpha value is -2.53. The molecule has 0 aliphatic rings. The van der Waals surface area contributed by atoms with Crippen molar-refractivity contribution < 1.29 is 14.3 Å². The summed E-state index contributed by atoms with van der Waals surface area (Å²) in [6.07, 6.45) is -0.589. The van der Waals surface area contributed by atoms with E-state index in [1.54, 1.807) is 43.3 Å². The number of hydrogen-bond donors (Lipinski definition) is 2. The van der Waals surface area contributed by atoms with Crippen LogP contribution in [0.4, 0.5) is 0 Å². The SMILES string of the molecule is Cc1ccc(OC(C)C(=O)NNC(=O)Cc2ccc(Cl)cc2)cc1. The van der Waals surface area contributed by atoms with Gasteiger partial charge in [-0.1, -0.05) is 41.4 Å². The van der Waals surface area contributed by atoms with Gasteiger partial charge in [0.1, 0.15) is 5.75 Å². The van der Waals surface area contributed by atoms with Gasteiger partial charge in [-0.25, -0.2) is 0 Å². The maximum atomic E-state index is 11.9. The molecular weight excluding hydrogens is 328 g/mol. The molecule has 0 aromatic heterocycles. The highest BCUT2D eigenvalue weighted by molar-refractivity contribution is 6.30. The lowest BCUT2D eigenvalue weighted by molar-refractivity contribution is -0.132. The molecule has 0 radical (unpaired) electrons. The number of amides is 2. The zero-order chi connectivity index (χ0) is 17.5. The second kappa shape index (κ2) is 8.36. The van der Waals surface area contributed by atoms with Crippen molar-refractivity contribution in [1.82, 2.24) is 10.9 Å². The molecule has 2 aromatic rings. The molecule has 0 heterocycles. The molecule has 0 fully saturated rings. The van der Waals surface area contributed by atoms with Crippen LogP contribution in [-0.2, 0) is 16.0 Å². The predicted octanol–water partition coefficient (Wildman–Crippen LogP) is 2.81. The van der Waals surface area contributed by atoms with Crippen LogP contribution in [0.3, 0.4) is 0 Å². The van der Waals surface area contributed by atoms with Crippen LogP contribution in [-0.4, -0.2) is 17.9 Å². The van der Waals surface area contributed by atoms with Crippen molar-refractivity contribution in [2.75, 3.05) is 0 Å². The highest BCUT2D eigenvalue weighted by Crippen LogP contribution is 2.13. The zero-order valence-electron chi connectivity index (χ0n) is 13.5. The van der Waals surface area contributed by atoms with Crippen LogP contribution >= 0.6 is 11.6 Å². The Morgan fingerprint density at radius 1 is 1.04 bits per heavy atom. The van der Waals surface area contributed by atoms with Crippen LogP contribution in [0.25, 0.3) is 0 Å². The molecule has 6 heteroatoms.